The van der Waals surface area contributed by atoms with Gasteiger partial charge in [0.25, 0.3) is 0 Å². The van der Waals surface area contributed by atoms with Crippen LogP contribution in [0.3, 0.4) is 0 Å². The normalized spacial score (nSPS) is 13.1. The number of amides is 3. The summed E-state index contributed by atoms with van der Waals surface area (Å²) in [5, 5.41) is 15.0. The molecule has 0 radical (unpaired) electrons. The average molecular weight is 473 g/mol. The van der Waals surface area contributed by atoms with Crippen LogP contribution < -0.4 is 15.8 Å². The van der Waals surface area contributed by atoms with E-state index in [2.05, 4.69) is 32.7 Å². The van der Waals surface area contributed by atoms with Crippen LogP contribution in [0.4, 0.5) is 21.1 Å². The number of thiazole rings is 1. The smallest absolute Gasteiger partial charge is 0.433 e. The fourth-order valence-corrected chi connectivity index (χ4v) is 3.79. The first-order chi connectivity index (χ1) is 16.5. The summed E-state index contributed by atoms with van der Waals surface area (Å²) in [5.41, 5.74) is 4.65. The number of carbonyl (C=O) groups is 2. The van der Waals surface area contributed by atoms with Crippen LogP contribution >= 0.6 is 11.3 Å². The Hall–Kier alpha value is -4.41. The Kier molecular flexibility index (Phi) is 6.44. The number of benzene rings is 1. The van der Waals surface area contributed by atoms with E-state index in [0.29, 0.717) is 16.4 Å². The van der Waals surface area contributed by atoms with E-state index in [1.165, 1.54) is 11.3 Å². The number of pyridine rings is 1. The lowest BCUT2D eigenvalue weighted by atomic mass is 10.0. The molecule has 1 saturated carbocycles. The molecule has 2 N–H and O–H groups in total. The van der Waals surface area contributed by atoms with Crippen LogP contribution in [0.5, 0.6) is 0 Å². The summed E-state index contributed by atoms with van der Waals surface area (Å²) >= 11 is 1.21. The number of nitriles is 1. The maximum Gasteiger partial charge on any atom is 0.433 e. The van der Waals surface area contributed by atoms with Crippen LogP contribution in [0.25, 0.3) is 11.3 Å². The van der Waals surface area contributed by atoms with Crippen LogP contribution in [-0.2, 0) is 10.2 Å². The number of anilines is 2. The zero-order chi connectivity index (χ0) is 24.1. The van der Waals surface area contributed by atoms with E-state index in [9.17, 15) is 14.9 Å². The standard InChI is InChI=1S/C24H20N6O3S/c1-3-21-27-20(14-34-21)28-22(31)29-30(23(32)33-4-2)17-10-8-16(9-11-17)18-6-5-7-19(26-18)24(15-25)12-13-24/h1,5-11,14H,4,12-13H2,2H3,(H2,28,29,31). The van der Waals surface area contributed by atoms with Gasteiger partial charge in [-0.3, -0.25) is 10.3 Å². The highest BCUT2D eigenvalue weighted by atomic mass is 32.1. The van der Waals surface area contributed by atoms with Crippen LogP contribution in [0.15, 0.2) is 47.8 Å². The van der Waals surface area contributed by atoms with Crippen molar-refractivity contribution in [1.82, 2.24) is 15.4 Å². The molecule has 0 saturated heterocycles. The monoisotopic (exact) mass is 472 g/mol. The Balaban J connectivity index is 1.53. The fraction of sp³-hybridized carbons (Fsp3) is 0.208. The van der Waals surface area contributed by atoms with Crippen LogP contribution in [-0.4, -0.2) is 28.7 Å². The quantitative estimate of drug-likeness (QED) is 0.418. The zero-order valence-electron chi connectivity index (χ0n) is 18.2. The molecule has 1 aromatic carbocycles. The molecular formula is C24H20N6O3S. The third kappa shape index (κ3) is 4.82. The van der Waals surface area contributed by atoms with Crippen molar-refractivity contribution in [2.45, 2.75) is 25.2 Å². The van der Waals surface area contributed by atoms with Gasteiger partial charge in [0, 0.05) is 10.9 Å². The molecule has 0 aliphatic heterocycles. The molecule has 4 rings (SSSR count). The Morgan fingerprint density at radius 3 is 2.62 bits per heavy atom. The van der Waals surface area contributed by atoms with Crippen molar-refractivity contribution in [1.29, 1.82) is 5.26 Å². The fourth-order valence-electron chi connectivity index (χ4n) is 3.24. The van der Waals surface area contributed by atoms with Gasteiger partial charge in [0.2, 0.25) is 0 Å². The lowest BCUT2D eigenvalue weighted by Gasteiger charge is -2.22. The Morgan fingerprint density at radius 2 is 2.00 bits per heavy atom. The van der Waals surface area contributed by atoms with Crippen molar-refractivity contribution in [3.8, 4) is 29.7 Å². The van der Waals surface area contributed by atoms with Gasteiger partial charge < -0.3 is 4.74 Å². The highest BCUT2D eigenvalue weighted by molar-refractivity contribution is 7.10. The average Bonchev–Trinajstić information content (AvgIpc) is 3.54. The third-order valence-electron chi connectivity index (χ3n) is 5.16. The van der Waals surface area contributed by atoms with E-state index in [1.54, 1.807) is 36.6 Å². The second-order valence-corrected chi connectivity index (χ2v) is 8.29. The summed E-state index contributed by atoms with van der Waals surface area (Å²) < 4.78 is 5.08. The van der Waals surface area contributed by atoms with Gasteiger partial charge in [-0.1, -0.05) is 18.2 Å². The van der Waals surface area contributed by atoms with E-state index in [0.717, 1.165) is 29.1 Å². The number of hydrogen-bond acceptors (Lipinski definition) is 7. The van der Waals surface area contributed by atoms with Crippen molar-refractivity contribution in [2.24, 2.45) is 0 Å². The largest absolute Gasteiger partial charge is 0.448 e. The Bertz CT molecular complexity index is 1300. The van der Waals surface area contributed by atoms with Crippen LogP contribution in [0, 0.1) is 23.7 Å². The van der Waals surface area contributed by atoms with Gasteiger partial charge in [-0.25, -0.2) is 20.0 Å². The third-order valence-corrected chi connectivity index (χ3v) is 5.93. The molecule has 0 bridgehead atoms. The highest BCUT2D eigenvalue weighted by Gasteiger charge is 2.46. The summed E-state index contributed by atoms with van der Waals surface area (Å²) in [5.74, 6) is 2.66. The Morgan fingerprint density at radius 1 is 1.24 bits per heavy atom. The van der Waals surface area contributed by atoms with E-state index < -0.39 is 17.5 Å². The number of terminal acetylenes is 1. The van der Waals surface area contributed by atoms with Crippen molar-refractivity contribution in [3.63, 3.8) is 0 Å². The molecule has 1 aliphatic rings. The molecule has 2 aromatic heterocycles. The van der Waals surface area contributed by atoms with E-state index >= 15 is 0 Å². The molecule has 0 spiro atoms. The SMILES string of the molecule is C#Cc1nc(NC(=O)NN(C(=O)OCC)c2ccc(-c3cccc(C4(C#N)CC4)n3)cc2)cs1. The molecule has 0 unspecified atom stereocenters. The van der Waals surface area contributed by atoms with Crippen molar-refractivity contribution >= 4 is 35.0 Å². The number of carbonyl (C=O) groups excluding carboxylic acids is 2. The number of hydrogen-bond donors (Lipinski definition) is 2. The number of nitrogens with one attached hydrogen (secondary N) is 2. The number of nitrogens with zero attached hydrogens (tertiary/aromatic N) is 4. The molecule has 3 amide bonds. The topological polar surface area (TPSA) is 120 Å². The minimum absolute atomic E-state index is 0.131. The molecule has 10 heteroatoms. The summed E-state index contributed by atoms with van der Waals surface area (Å²) in [7, 11) is 0. The first-order valence-corrected chi connectivity index (χ1v) is 11.3. The molecular weight excluding hydrogens is 452 g/mol. The number of ether oxygens (including phenoxy) is 1. The van der Waals surface area contributed by atoms with Gasteiger partial charge in [0.05, 0.1) is 35.2 Å². The summed E-state index contributed by atoms with van der Waals surface area (Å²) in [6.45, 7) is 1.80. The summed E-state index contributed by atoms with van der Waals surface area (Å²) in [4.78, 5) is 33.7. The van der Waals surface area contributed by atoms with Gasteiger partial charge in [0.15, 0.2) is 5.01 Å². The van der Waals surface area contributed by atoms with Crippen molar-refractivity contribution in [3.05, 3.63) is 58.5 Å². The maximum absolute atomic E-state index is 12.5. The molecule has 34 heavy (non-hydrogen) atoms. The van der Waals surface area contributed by atoms with E-state index in [-0.39, 0.29) is 12.4 Å². The predicted molar refractivity (Wildman–Crippen MR) is 128 cm³/mol. The zero-order valence-corrected chi connectivity index (χ0v) is 19.1. The van der Waals surface area contributed by atoms with Gasteiger partial charge in [-0.05, 0) is 50.0 Å². The number of hydrazine groups is 1. The van der Waals surface area contributed by atoms with Crippen molar-refractivity contribution in [2.75, 3.05) is 16.9 Å². The Labute approximate surface area is 200 Å². The van der Waals surface area contributed by atoms with E-state index in [1.807, 2.05) is 18.2 Å². The van der Waals surface area contributed by atoms with E-state index in [4.69, 9.17) is 11.2 Å². The molecule has 3 aromatic rings. The lowest BCUT2D eigenvalue weighted by molar-refractivity contribution is 0.156. The molecule has 170 valence electrons. The lowest BCUT2D eigenvalue weighted by Crippen LogP contribution is -2.48. The number of urea groups is 1. The molecule has 9 nitrogen and oxygen atoms in total. The maximum atomic E-state index is 12.5. The summed E-state index contributed by atoms with van der Waals surface area (Å²) in [6, 6.07) is 14.2. The number of aromatic nitrogens is 2. The second kappa shape index (κ2) is 9.61. The first kappa shape index (κ1) is 22.8. The minimum Gasteiger partial charge on any atom is -0.448 e. The van der Waals surface area contributed by atoms with Gasteiger partial charge in [-0.15, -0.1) is 17.8 Å². The number of rotatable bonds is 5. The summed E-state index contributed by atoms with van der Waals surface area (Å²) in [6.07, 6.45) is 6.17. The predicted octanol–water partition coefficient (Wildman–Crippen LogP) is 4.44. The van der Waals surface area contributed by atoms with Crippen LogP contribution in [0.2, 0.25) is 0 Å². The highest BCUT2D eigenvalue weighted by Crippen LogP contribution is 2.46. The van der Waals surface area contributed by atoms with Gasteiger partial charge >= 0.3 is 12.1 Å². The van der Waals surface area contributed by atoms with Gasteiger partial charge in [-0.2, -0.15) is 10.3 Å². The molecule has 0 atom stereocenters. The minimum atomic E-state index is -0.752. The molecule has 2 heterocycles. The molecule has 1 fully saturated rings. The first-order valence-electron chi connectivity index (χ1n) is 10.4. The van der Waals surface area contributed by atoms with Crippen molar-refractivity contribution < 1.29 is 14.3 Å². The molecule has 1 aliphatic carbocycles. The van der Waals surface area contributed by atoms with Gasteiger partial charge in [0.1, 0.15) is 5.82 Å². The van der Waals surface area contributed by atoms with Crippen LogP contribution in [0.1, 0.15) is 30.5 Å². The second-order valence-electron chi connectivity index (χ2n) is 7.43.